The van der Waals surface area contributed by atoms with Crippen LogP contribution in [0.4, 0.5) is 8.78 Å². The van der Waals surface area contributed by atoms with Crippen molar-refractivity contribution < 1.29 is 28.2 Å². The van der Waals surface area contributed by atoms with Gasteiger partial charge < -0.3 is 19.9 Å². The Balaban J connectivity index is 0.00000253. The fourth-order valence-corrected chi connectivity index (χ4v) is 4.66. The lowest BCUT2D eigenvalue weighted by atomic mass is 9.93. The zero-order valence-electron chi connectivity index (χ0n) is 20.9. The van der Waals surface area contributed by atoms with Gasteiger partial charge >= 0.3 is 5.97 Å². The highest BCUT2D eigenvalue weighted by molar-refractivity contribution is 5.85. The Morgan fingerprint density at radius 2 is 2.00 bits per heavy atom. The molecule has 38 heavy (non-hydrogen) atoms. The van der Waals surface area contributed by atoms with Crippen molar-refractivity contribution in [1.82, 2.24) is 10.3 Å². The number of rotatable bonds is 10. The molecule has 1 aromatic heterocycles. The minimum absolute atomic E-state index is 0. The van der Waals surface area contributed by atoms with Gasteiger partial charge in [0.1, 0.15) is 17.4 Å². The van der Waals surface area contributed by atoms with Crippen LogP contribution in [0, 0.1) is 11.6 Å². The Morgan fingerprint density at radius 3 is 2.76 bits per heavy atom. The van der Waals surface area contributed by atoms with Gasteiger partial charge in [0.25, 0.3) is 0 Å². The molecule has 2 N–H and O–H groups in total. The van der Waals surface area contributed by atoms with Gasteiger partial charge in [-0.3, -0.25) is 9.78 Å². The fourth-order valence-electron chi connectivity index (χ4n) is 4.66. The molecule has 206 valence electrons. The van der Waals surface area contributed by atoms with Crippen molar-refractivity contribution in [2.24, 2.45) is 0 Å². The summed E-state index contributed by atoms with van der Waals surface area (Å²) in [5.74, 6) is -1.15. The lowest BCUT2D eigenvalue weighted by molar-refractivity contribution is -0.145. The number of ether oxygens (including phenoxy) is 2. The number of methoxy groups -OCH3 is 1. The Kier molecular flexibility index (Phi) is 12.4. The molecule has 0 spiro atoms. The molecule has 1 fully saturated rings. The van der Waals surface area contributed by atoms with Gasteiger partial charge in [0.15, 0.2) is 0 Å². The number of aryl methyl sites for hydroxylation is 1. The number of fused-ring (bicyclic) bond motifs is 1. The maximum atomic E-state index is 13.8. The first kappa shape index (κ1) is 31.4. The zero-order chi connectivity index (χ0) is 25.5. The molecule has 0 unspecified atom stereocenters. The van der Waals surface area contributed by atoms with Crippen LogP contribution in [0.1, 0.15) is 36.8 Å². The number of pyridine rings is 1. The number of nitrogens with zero attached hydrogens (tertiary/aromatic N) is 1. The van der Waals surface area contributed by atoms with E-state index in [9.17, 15) is 18.7 Å². The van der Waals surface area contributed by atoms with Gasteiger partial charge in [-0.1, -0.05) is 12.2 Å². The van der Waals surface area contributed by atoms with Crippen molar-refractivity contribution in [3.63, 3.8) is 0 Å². The molecular formula is C28H32Cl2F2N2O4. The van der Waals surface area contributed by atoms with E-state index in [1.54, 1.807) is 19.4 Å². The highest BCUT2D eigenvalue weighted by atomic mass is 35.5. The van der Waals surface area contributed by atoms with Crippen LogP contribution in [0.25, 0.3) is 17.0 Å². The summed E-state index contributed by atoms with van der Waals surface area (Å²) in [4.78, 5) is 15.9. The molecule has 0 bridgehead atoms. The number of nitrogens with one attached hydrogen (secondary N) is 1. The third-order valence-corrected chi connectivity index (χ3v) is 6.52. The van der Waals surface area contributed by atoms with E-state index in [-0.39, 0.29) is 48.9 Å². The summed E-state index contributed by atoms with van der Waals surface area (Å²) in [6.45, 7) is 0.385. The predicted molar refractivity (Wildman–Crippen MR) is 148 cm³/mol. The highest BCUT2D eigenvalue weighted by Crippen LogP contribution is 2.28. The highest BCUT2D eigenvalue weighted by Gasteiger charge is 2.32. The molecule has 1 aliphatic rings. The van der Waals surface area contributed by atoms with Crippen molar-refractivity contribution in [3.8, 4) is 5.75 Å². The molecule has 1 aliphatic heterocycles. The van der Waals surface area contributed by atoms with Crippen LogP contribution in [0.3, 0.4) is 0 Å². The van der Waals surface area contributed by atoms with Crippen molar-refractivity contribution in [2.45, 2.75) is 50.4 Å². The zero-order valence-corrected chi connectivity index (χ0v) is 22.6. The Morgan fingerprint density at radius 1 is 1.18 bits per heavy atom. The largest absolute Gasteiger partial charge is 0.497 e. The van der Waals surface area contributed by atoms with Gasteiger partial charge in [-0.15, -0.1) is 24.8 Å². The number of aromatic nitrogens is 1. The van der Waals surface area contributed by atoms with Crippen LogP contribution < -0.4 is 10.1 Å². The second-order valence-electron chi connectivity index (χ2n) is 8.95. The number of hydrogen-bond donors (Lipinski definition) is 2. The van der Waals surface area contributed by atoms with Gasteiger partial charge in [0.2, 0.25) is 0 Å². The Labute approximate surface area is 233 Å². The van der Waals surface area contributed by atoms with E-state index < -0.39 is 23.7 Å². The average molecular weight is 569 g/mol. The van der Waals surface area contributed by atoms with Crippen LogP contribution in [0.5, 0.6) is 5.75 Å². The number of carboxylic acids is 1. The Bertz CT molecular complexity index is 1240. The quantitative estimate of drug-likeness (QED) is 0.312. The number of aliphatic carboxylic acids is 1. The smallest absolute Gasteiger partial charge is 0.306 e. The molecular weight excluding hydrogens is 537 g/mol. The van der Waals surface area contributed by atoms with Gasteiger partial charge in [-0.25, -0.2) is 8.78 Å². The van der Waals surface area contributed by atoms with Crippen LogP contribution in [0.2, 0.25) is 0 Å². The van der Waals surface area contributed by atoms with Crippen molar-refractivity contribution in [3.05, 3.63) is 77.5 Å². The molecule has 0 amide bonds. The van der Waals surface area contributed by atoms with Crippen molar-refractivity contribution in [2.75, 3.05) is 13.7 Å². The summed E-state index contributed by atoms with van der Waals surface area (Å²) < 4.78 is 38.7. The molecule has 2 heterocycles. The maximum absolute atomic E-state index is 13.8. The fraction of sp³-hybridized carbons (Fsp3) is 0.357. The Hall–Kier alpha value is -2.78. The van der Waals surface area contributed by atoms with Gasteiger partial charge in [-0.05, 0) is 73.7 Å². The maximum Gasteiger partial charge on any atom is 0.306 e. The van der Waals surface area contributed by atoms with Crippen LogP contribution in [0.15, 0.2) is 54.7 Å². The van der Waals surface area contributed by atoms with Crippen LogP contribution >= 0.6 is 24.8 Å². The third-order valence-electron chi connectivity index (χ3n) is 6.52. The van der Waals surface area contributed by atoms with Gasteiger partial charge in [0.05, 0.1) is 31.3 Å². The summed E-state index contributed by atoms with van der Waals surface area (Å²) in [7, 11) is 1.63. The molecule has 1 saturated heterocycles. The molecule has 0 aliphatic carbocycles. The lowest BCUT2D eigenvalue weighted by Crippen LogP contribution is -2.48. The summed E-state index contributed by atoms with van der Waals surface area (Å²) in [5.41, 5.74) is 2.21. The van der Waals surface area contributed by atoms with Gasteiger partial charge in [0, 0.05) is 29.7 Å². The van der Waals surface area contributed by atoms with Crippen molar-refractivity contribution in [1.29, 1.82) is 0 Å². The van der Waals surface area contributed by atoms with E-state index in [2.05, 4.69) is 10.3 Å². The number of carbonyl (C=O) groups is 1. The molecule has 10 heteroatoms. The van der Waals surface area contributed by atoms with Crippen LogP contribution in [-0.4, -0.2) is 48.0 Å². The first-order valence-corrected chi connectivity index (χ1v) is 12.1. The minimum atomic E-state index is -0.919. The number of halogens is 4. The number of carboxylic acid groups (broad SMARTS) is 1. The second-order valence-corrected chi connectivity index (χ2v) is 8.95. The molecule has 0 saturated carbocycles. The molecule has 3 atom stereocenters. The lowest BCUT2D eigenvalue weighted by Gasteiger charge is -2.36. The van der Waals surface area contributed by atoms with Gasteiger partial charge in [-0.2, -0.15) is 0 Å². The van der Waals surface area contributed by atoms with Crippen molar-refractivity contribution >= 4 is 47.8 Å². The van der Waals surface area contributed by atoms with E-state index in [1.165, 1.54) is 6.08 Å². The third kappa shape index (κ3) is 8.36. The summed E-state index contributed by atoms with van der Waals surface area (Å²) in [6, 6.07) is 11.0. The van der Waals surface area contributed by atoms with E-state index in [1.807, 2.05) is 24.3 Å². The normalized spacial score (nSPS) is 19.1. The molecule has 2 aromatic carbocycles. The van der Waals surface area contributed by atoms with E-state index in [0.29, 0.717) is 6.54 Å². The minimum Gasteiger partial charge on any atom is -0.497 e. The standard InChI is InChI=1S/C28H30F2N2O4.2ClH/c1-35-22-8-10-25-23(16-22)18(12-14-32-25)4-6-21-7-11-26(27(36-21)17-28(33)34)31-13-2-3-19-15-20(29)5-9-24(19)30;;/h2-3,5,8-10,12,14-16,21,26-27,31H,4,6-7,11,13,17H2,1H3,(H,33,34);2*1H/b3-2+;;/t21-,26-,27-;;/m1../s1. The average Bonchev–Trinajstić information content (AvgIpc) is 2.87. The number of hydrogen-bond acceptors (Lipinski definition) is 5. The predicted octanol–water partition coefficient (Wildman–Crippen LogP) is 5.99. The van der Waals surface area contributed by atoms with E-state index >= 15 is 0 Å². The first-order chi connectivity index (χ1) is 17.4. The summed E-state index contributed by atoms with van der Waals surface area (Å²) >= 11 is 0. The van der Waals surface area contributed by atoms with E-state index in [4.69, 9.17) is 9.47 Å². The van der Waals surface area contributed by atoms with Crippen LogP contribution in [-0.2, 0) is 16.0 Å². The summed E-state index contributed by atoms with van der Waals surface area (Å²) in [5, 5.41) is 13.7. The molecule has 4 rings (SSSR count). The number of benzene rings is 2. The first-order valence-electron chi connectivity index (χ1n) is 12.1. The SMILES string of the molecule is COc1ccc2nccc(CC[C@@H]3CC[C@@H](NC/C=C/c4cc(F)ccc4F)[C@@H](CC(=O)O)O3)c2c1.Cl.Cl. The molecule has 3 aromatic rings. The van der Waals surface area contributed by atoms with E-state index in [0.717, 1.165) is 66.1 Å². The summed E-state index contributed by atoms with van der Waals surface area (Å²) in [6.07, 6.45) is 7.46. The molecule has 0 radical (unpaired) electrons. The monoisotopic (exact) mass is 568 g/mol. The molecule has 6 nitrogen and oxygen atoms in total. The second kappa shape index (κ2) is 15.0. The topological polar surface area (TPSA) is 80.7 Å².